The van der Waals surface area contributed by atoms with E-state index in [2.05, 4.69) is 21.4 Å². The molecule has 4 heterocycles. The molecule has 0 amide bonds. The molecule has 0 aliphatic carbocycles. The molecular weight excluding hydrogens is 298 g/mol. The molecule has 0 spiro atoms. The summed E-state index contributed by atoms with van der Waals surface area (Å²) in [5.74, 6) is 2.47. The second kappa shape index (κ2) is 6.75. The first-order chi connectivity index (χ1) is 10.4. The van der Waals surface area contributed by atoms with Crippen LogP contribution in [0.1, 0.15) is 32.6 Å². The molecule has 4 atom stereocenters. The van der Waals surface area contributed by atoms with Crippen LogP contribution < -0.4 is 4.72 Å². The predicted molar refractivity (Wildman–Crippen MR) is 89.3 cm³/mol. The average Bonchev–Trinajstić information content (AvgIpc) is 2.48. The molecule has 6 heteroatoms. The lowest BCUT2D eigenvalue weighted by molar-refractivity contribution is -0.0136. The molecule has 4 rings (SSSR count). The molecule has 0 aromatic heterocycles. The number of likely N-dealkylation sites (tertiary alicyclic amines) is 1. The van der Waals surface area contributed by atoms with E-state index in [1.807, 2.05) is 0 Å². The Balaban J connectivity index is 1.50. The second-order valence-electron chi connectivity index (χ2n) is 7.80. The van der Waals surface area contributed by atoms with Crippen LogP contribution in [0.4, 0.5) is 0 Å². The van der Waals surface area contributed by atoms with Gasteiger partial charge in [-0.3, -0.25) is 4.90 Å². The fourth-order valence-corrected chi connectivity index (χ4v) is 4.99. The second-order valence-corrected chi connectivity index (χ2v) is 9.63. The number of nitrogens with one attached hydrogen (secondary N) is 1. The third-order valence-corrected chi connectivity index (χ3v) is 6.66. The maximum absolute atomic E-state index is 11.3. The number of nitrogens with zero attached hydrogens (tertiary/aromatic N) is 2. The monoisotopic (exact) mass is 329 g/mol. The zero-order valence-electron chi connectivity index (χ0n) is 14.0. The van der Waals surface area contributed by atoms with Crippen LogP contribution in [0.15, 0.2) is 0 Å². The molecule has 22 heavy (non-hydrogen) atoms. The summed E-state index contributed by atoms with van der Waals surface area (Å²) < 4.78 is 25.3. The Morgan fingerprint density at radius 2 is 1.86 bits per heavy atom. The molecule has 0 radical (unpaired) electrons. The van der Waals surface area contributed by atoms with Crippen molar-refractivity contribution in [2.45, 2.75) is 38.6 Å². The lowest BCUT2D eigenvalue weighted by Crippen LogP contribution is -2.58. The molecule has 0 aromatic rings. The van der Waals surface area contributed by atoms with Crippen LogP contribution in [0, 0.1) is 17.8 Å². The summed E-state index contributed by atoms with van der Waals surface area (Å²) >= 11 is 0. The summed E-state index contributed by atoms with van der Waals surface area (Å²) in [4.78, 5) is 5.19. The lowest BCUT2D eigenvalue weighted by atomic mass is 9.75. The van der Waals surface area contributed by atoms with Crippen molar-refractivity contribution in [1.29, 1.82) is 0 Å². The Hall–Kier alpha value is -0.170. The van der Waals surface area contributed by atoms with Crippen molar-refractivity contribution in [3.63, 3.8) is 0 Å². The van der Waals surface area contributed by atoms with Crippen molar-refractivity contribution in [3.05, 3.63) is 0 Å². The minimum absolute atomic E-state index is 0.408. The Morgan fingerprint density at radius 1 is 1.14 bits per heavy atom. The van der Waals surface area contributed by atoms with E-state index in [4.69, 9.17) is 0 Å². The number of piperidine rings is 4. The van der Waals surface area contributed by atoms with Gasteiger partial charge in [-0.05, 0) is 63.1 Å². The Morgan fingerprint density at radius 3 is 2.45 bits per heavy atom. The van der Waals surface area contributed by atoms with Crippen LogP contribution in [0.2, 0.25) is 0 Å². The van der Waals surface area contributed by atoms with Crippen LogP contribution in [0.5, 0.6) is 0 Å². The zero-order valence-corrected chi connectivity index (χ0v) is 14.8. The topological polar surface area (TPSA) is 52.6 Å². The SMILES string of the molecule is CC1CCN(CC2CN3CCC2CC3CNS(C)(=O)=O)CC1. The van der Waals surface area contributed by atoms with E-state index in [1.54, 1.807) is 0 Å². The van der Waals surface area contributed by atoms with Gasteiger partial charge >= 0.3 is 0 Å². The summed E-state index contributed by atoms with van der Waals surface area (Å²) in [5, 5.41) is 0. The van der Waals surface area contributed by atoms with Crippen molar-refractivity contribution < 1.29 is 8.42 Å². The van der Waals surface area contributed by atoms with Crippen molar-refractivity contribution in [3.8, 4) is 0 Å². The largest absolute Gasteiger partial charge is 0.303 e. The van der Waals surface area contributed by atoms with E-state index >= 15 is 0 Å². The van der Waals surface area contributed by atoms with Crippen LogP contribution in [-0.4, -0.2) is 69.8 Å². The standard InChI is InChI=1S/C16H31N3O2S/c1-13-3-6-18(7-4-13)11-15-12-19-8-5-14(15)9-16(19)10-17-22(2,20)21/h13-17H,3-12H2,1-2H3. The first-order valence-electron chi connectivity index (χ1n) is 8.82. The molecule has 1 N–H and O–H groups in total. The number of sulfonamides is 1. The molecule has 0 aromatic carbocycles. The van der Waals surface area contributed by atoms with Gasteiger partial charge in [-0.2, -0.15) is 0 Å². The highest BCUT2D eigenvalue weighted by molar-refractivity contribution is 7.88. The van der Waals surface area contributed by atoms with E-state index in [0.717, 1.165) is 37.3 Å². The van der Waals surface area contributed by atoms with Gasteiger partial charge in [0, 0.05) is 25.7 Å². The smallest absolute Gasteiger partial charge is 0.208 e. The third-order valence-electron chi connectivity index (χ3n) is 5.96. The van der Waals surface area contributed by atoms with Crippen molar-refractivity contribution in [2.24, 2.45) is 17.8 Å². The van der Waals surface area contributed by atoms with E-state index in [0.29, 0.717) is 12.6 Å². The van der Waals surface area contributed by atoms with Gasteiger partial charge in [0.2, 0.25) is 10.0 Å². The minimum Gasteiger partial charge on any atom is -0.303 e. The van der Waals surface area contributed by atoms with Gasteiger partial charge in [0.25, 0.3) is 0 Å². The normalized spacial score (nSPS) is 37.5. The number of hydrogen-bond donors (Lipinski definition) is 1. The predicted octanol–water partition coefficient (Wildman–Crippen LogP) is 0.978. The molecule has 2 bridgehead atoms. The molecule has 4 unspecified atom stereocenters. The van der Waals surface area contributed by atoms with Gasteiger partial charge in [-0.1, -0.05) is 6.92 Å². The van der Waals surface area contributed by atoms with Crippen molar-refractivity contribution in [2.75, 3.05) is 45.5 Å². The highest BCUT2D eigenvalue weighted by Gasteiger charge is 2.40. The van der Waals surface area contributed by atoms with Crippen LogP contribution in [-0.2, 0) is 10.0 Å². The Bertz CT molecular complexity index is 474. The summed E-state index contributed by atoms with van der Waals surface area (Å²) in [7, 11) is -3.07. The Kier molecular flexibility index (Phi) is 5.12. The van der Waals surface area contributed by atoms with Gasteiger partial charge in [0.15, 0.2) is 0 Å². The van der Waals surface area contributed by atoms with E-state index in [1.165, 1.54) is 45.2 Å². The maximum Gasteiger partial charge on any atom is 0.208 e. The minimum atomic E-state index is -3.07. The molecule has 128 valence electrons. The quantitative estimate of drug-likeness (QED) is 0.817. The van der Waals surface area contributed by atoms with Gasteiger partial charge in [0.05, 0.1) is 6.26 Å². The summed E-state index contributed by atoms with van der Waals surface area (Å²) in [6.45, 7) is 9.04. The molecule has 4 fully saturated rings. The summed E-state index contributed by atoms with van der Waals surface area (Å²) in [6, 6.07) is 0.408. The molecule has 5 nitrogen and oxygen atoms in total. The van der Waals surface area contributed by atoms with E-state index in [9.17, 15) is 8.42 Å². The molecule has 0 saturated carbocycles. The number of hydrogen-bond acceptors (Lipinski definition) is 4. The summed E-state index contributed by atoms with van der Waals surface area (Å²) in [5.41, 5.74) is 0. The lowest BCUT2D eigenvalue weighted by Gasteiger charge is -2.51. The Labute approximate surface area is 135 Å². The van der Waals surface area contributed by atoms with Gasteiger partial charge in [0.1, 0.15) is 0 Å². The third kappa shape index (κ3) is 4.22. The fourth-order valence-electron chi connectivity index (χ4n) is 4.49. The highest BCUT2D eigenvalue weighted by Crippen LogP contribution is 2.37. The van der Waals surface area contributed by atoms with Crippen molar-refractivity contribution in [1.82, 2.24) is 14.5 Å². The first-order valence-corrected chi connectivity index (χ1v) is 10.7. The van der Waals surface area contributed by atoms with Crippen LogP contribution >= 0.6 is 0 Å². The van der Waals surface area contributed by atoms with Gasteiger partial charge < -0.3 is 4.90 Å². The molecule has 4 aliphatic heterocycles. The van der Waals surface area contributed by atoms with E-state index < -0.39 is 10.0 Å². The van der Waals surface area contributed by atoms with E-state index in [-0.39, 0.29) is 0 Å². The summed E-state index contributed by atoms with van der Waals surface area (Å²) in [6.07, 6.45) is 6.41. The highest BCUT2D eigenvalue weighted by atomic mass is 32.2. The van der Waals surface area contributed by atoms with Crippen LogP contribution in [0.25, 0.3) is 0 Å². The molecule has 4 saturated heterocycles. The number of rotatable bonds is 5. The van der Waals surface area contributed by atoms with Gasteiger partial charge in [-0.15, -0.1) is 0 Å². The maximum atomic E-state index is 11.3. The van der Waals surface area contributed by atoms with Crippen LogP contribution in [0.3, 0.4) is 0 Å². The first kappa shape index (κ1) is 16.7. The molecular formula is C16H31N3O2S. The molecule has 4 aliphatic rings. The fraction of sp³-hybridized carbons (Fsp3) is 1.00. The average molecular weight is 330 g/mol. The van der Waals surface area contributed by atoms with Gasteiger partial charge in [-0.25, -0.2) is 13.1 Å². The van der Waals surface area contributed by atoms with Crippen molar-refractivity contribution >= 4 is 10.0 Å². The number of fused-ring (bicyclic) bond motifs is 3. The zero-order chi connectivity index (χ0) is 15.7.